The number of aromatic nitrogens is 2. The molecule has 4 aromatic rings. The van der Waals surface area contributed by atoms with Gasteiger partial charge >= 0.3 is 0 Å². The number of halogens is 1. The summed E-state index contributed by atoms with van der Waals surface area (Å²) in [7, 11) is 0. The fourth-order valence-electron chi connectivity index (χ4n) is 3.81. The molecule has 3 aromatic carbocycles. The zero-order valence-corrected chi connectivity index (χ0v) is 21.6. The molecule has 1 atom stereocenters. The number of anilines is 1. The molecule has 180 valence electrons. The van der Waals surface area contributed by atoms with Gasteiger partial charge in [-0.15, -0.1) is 0 Å². The van der Waals surface area contributed by atoms with Crippen LogP contribution in [0.4, 0.5) is 5.69 Å². The van der Waals surface area contributed by atoms with Crippen LogP contribution in [0.25, 0.3) is 0 Å². The third-order valence-corrected chi connectivity index (χ3v) is 6.46. The van der Waals surface area contributed by atoms with Crippen LogP contribution in [0.2, 0.25) is 0 Å². The first-order valence-corrected chi connectivity index (χ1v) is 12.7. The average molecular weight is 580 g/mol. The summed E-state index contributed by atoms with van der Waals surface area (Å²) in [5, 5.41) is 16.5. The summed E-state index contributed by atoms with van der Waals surface area (Å²) in [5.74, 6) is 0.644. The van der Waals surface area contributed by atoms with E-state index >= 15 is 0 Å². The number of amides is 1. The van der Waals surface area contributed by atoms with Gasteiger partial charge in [-0.25, -0.2) is 4.98 Å². The van der Waals surface area contributed by atoms with Gasteiger partial charge in [0.1, 0.15) is 5.82 Å². The fraction of sp³-hybridized carbons (Fsp3) is 0.214. The molecule has 1 amide bonds. The van der Waals surface area contributed by atoms with E-state index < -0.39 is 6.10 Å². The number of carbonyl (C=O) groups is 1. The first-order valence-electron chi connectivity index (χ1n) is 11.6. The average Bonchev–Trinajstić information content (AvgIpc) is 3.30. The molecule has 0 aliphatic rings. The molecule has 35 heavy (non-hydrogen) atoms. The van der Waals surface area contributed by atoms with E-state index in [0.29, 0.717) is 13.1 Å². The smallest absolute Gasteiger partial charge is 0.231 e. The number of nitrogens with one attached hydrogen (secondary N) is 2. The Morgan fingerprint density at radius 3 is 2.43 bits per heavy atom. The molecule has 1 unspecified atom stereocenters. The summed E-state index contributed by atoms with van der Waals surface area (Å²) in [5.41, 5.74) is 4.02. The Balaban J connectivity index is 1.21. The van der Waals surface area contributed by atoms with Crippen molar-refractivity contribution in [3.8, 4) is 0 Å². The molecule has 0 saturated carbocycles. The molecule has 0 aliphatic heterocycles. The zero-order valence-electron chi connectivity index (χ0n) is 19.4. The summed E-state index contributed by atoms with van der Waals surface area (Å²) in [6.45, 7) is 1.96. The van der Waals surface area contributed by atoms with Crippen LogP contribution in [0, 0.1) is 3.57 Å². The maximum atomic E-state index is 12.6. The Morgan fingerprint density at radius 2 is 1.69 bits per heavy atom. The van der Waals surface area contributed by atoms with Gasteiger partial charge in [0, 0.05) is 34.7 Å². The van der Waals surface area contributed by atoms with Gasteiger partial charge in [0.05, 0.1) is 12.5 Å². The van der Waals surface area contributed by atoms with Gasteiger partial charge in [0.15, 0.2) is 0 Å². The molecule has 3 N–H and O–H groups in total. The lowest BCUT2D eigenvalue weighted by molar-refractivity contribution is -0.115. The minimum atomic E-state index is -0.513. The van der Waals surface area contributed by atoms with E-state index in [1.807, 2.05) is 65.4 Å². The summed E-state index contributed by atoms with van der Waals surface area (Å²) >= 11 is 2.29. The maximum Gasteiger partial charge on any atom is 0.231 e. The quantitative estimate of drug-likeness (QED) is 0.179. The van der Waals surface area contributed by atoms with E-state index in [9.17, 15) is 9.90 Å². The van der Waals surface area contributed by atoms with E-state index in [0.717, 1.165) is 35.6 Å². The highest BCUT2D eigenvalue weighted by atomic mass is 127. The molecule has 0 bridgehead atoms. The summed E-state index contributed by atoms with van der Waals surface area (Å²) < 4.78 is 3.20. The molecular weight excluding hydrogens is 551 g/mol. The van der Waals surface area contributed by atoms with Crippen LogP contribution >= 0.6 is 22.6 Å². The van der Waals surface area contributed by atoms with Crippen LogP contribution in [-0.4, -0.2) is 33.7 Å². The van der Waals surface area contributed by atoms with E-state index in [1.165, 1.54) is 9.13 Å². The van der Waals surface area contributed by atoms with Gasteiger partial charge in [0.2, 0.25) is 5.91 Å². The van der Waals surface area contributed by atoms with E-state index in [-0.39, 0.29) is 12.3 Å². The summed E-state index contributed by atoms with van der Waals surface area (Å²) in [4.78, 5) is 17.0. The highest BCUT2D eigenvalue weighted by molar-refractivity contribution is 14.1. The standard InChI is InChI=1S/C28H29IN4O2/c29-24-10-6-22(7-11-24)20-33-17-16-31-27(33)18-28(35)32-25-12-8-21(9-13-25)14-15-30-19-26(34)23-4-2-1-3-5-23/h1-13,16-17,26,30,34H,14-15,18-20H2,(H,32,35). The predicted molar refractivity (Wildman–Crippen MR) is 147 cm³/mol. The molecule has 6 nitrogen and oxygen atoms in total. The summed E-state index contributed by atoms with van der Waals surface area (Å²) in [6, 6.07) is 25.9. The van der Waals surface area contributed by atoms with Crippen LogP contribution in [0.15, 0.2) is 91.3 Å². The lowest BCUT2D eigenvalue weighted by Gasteiger charge is -2.12. The number of aliphatic hydroxyl groups is 1. The van der Waals surface area contributed by atoms with Crippen LogP contribution in [0.1, 0.15) is 28.6 Å². The van der Waals surface area contributed by atoms with E-state index in [1.54, 1.807) is 6.20 Å². The summed E-state index contributed by atoms with van der Waals surface area (Å²) in [6.07, 6.45) is 4.18. The number of hydrogen-bond donors (Lipinski definition) is 3. The van der Waals surface area contributed by atoms with Crippen molar-refractivity contribution < 1.29 is 9.90 Å². The third-order valence-electron chi connectivity index (χ3n) is 5.74. The molecule has 1 heterocycles. The number of carbonyl (C=O) groups excluding carboxylic acids is 1. The molecule has 0 saturated heterocycles. The lowest BCUT2D eigenvalue weighted by atomic mass is 10.1. The van der Waals surface area contributed by atoms with Crippen molar-refractivity contribution in [2.24, 2.45) is 0 Å². The number of imidazole rings is 1. The zero-order chi connectivity index (χ0) is 24.5. The molecule has 1 aromatic heterocycles. The van der Waals surface area contributed by atoms with Gasteiger partial charge in [-0.05, 0) is 76.5 Å². The second-order valence-corrected chi connectivity index (χ2v) is 9.65. The number of hydrogen-bond acceptors (Lipinski definition) is 4. The van der Waals surface area contributed by atoms with Crippen LogP contribution in [0.3, 0.4) is 0 Å². The van der Waals surface area contributed by atoms with E-state index in [4.69, 9.17) is 0 Å². The minimum Gasteiger partial charge on any atom is -0.387 e. The number of benzene rings is 3. The Labute approximate surface area is 219 Å². The van der Waals surface area contributed by atoms with Crippen LogP contribution in [0.5, 0.6) is 0 Å². The molecule has 0 fully saturated rings. The highest BCUT2D eigenvalue weighted by Crippen LogP contribution is 2.13. The minimum absolute atomic E-state index is 0.0932. The second kappa shape index (κ2) is 12.6. The SMILES string of the molecule is O=C(Cc1nccn1Cc1ccc(I)cc1)Nc1ccc(CCNCC(O)c2ccccc2)cc1. The van der Waals surface area contributed by atoms with Crippen molar-refractivity contribution in [1.29, 1.82) is 0 Å². The Bertz CT molecular complexity index is 1210. The predicted octanol–water partition coefficient (Wildman–Crippen LogP) is 4.58. The van der Waals surface area contributed by atoms with Crippen LogP contribution in [-0.2, 0) is 24.2 Å². The third kappa shape index (κ3) is 7.74. The van der Waals surface area contributed by atoms with Gasteiger partial charge in [-0.1, -0.05) is 54.6 Å². The number of aliphatic hydroxyl groups excluding tert-OH is 1. The van der Waals surface area contributed by atoms with Gasteiger partial charge < -0.3 is 20.3 Å². The van der Waals surface area contributed by atoms with Crippen molar-refractivity contribution >= 4 is 34.2 Å². The normalized spacial score (nSPS) is 11.8. The Kier molecular flexibility index (Phi) is 9.05. The maximum absolute atomic E-state index is 12.6. The highest BCUT2D eigenvalue weighted by Gasteiger charge is 2.10. The van der Waals surface area contributed by atoms with Gasteiger partial charge in [0.25, 0.3) is 0 Å². The monoisotopic (exact) mass is 580 g/mol. The van der Waals surface area contributed by atoms with Crippen molar-refractivity contribution in [1.82, 2.24) is 14.9 Å². The van der Waals surface area contributed by atoms with E-state index in [2.05, 4.69) is 62.5 Å². The first-order chi connectivity index (χ1) is 17.1. The second-order valence-electron chi connectivity index (χ2n) is 8.40. The molecular formula is C28H29IN4O2. The molecule has 0 spiro atoms. The Hall–Kier alpha value is -3.01. The van der Waals surface area contributed by atoms with Crippen molar-refractivity contribution in [3.05, 3.63) is 117 Å². The van der Waals surface area contributed by atoms with Gasteiger partial charge in [-0.2, -0.15) is 0 Å². The van der Waals surface area contributed by atoms with Crippen molar-refractivity contribution in [3.63, 3.8) is 0 Å². The number of rotatable bonds is 11. The Morgan fingerprint density at radius 1 is 0.971 bits per heavy atom. The largest absolute Gasteiger partial charge is 0.387 e. The van der Waals surface area contributed by atoms with Crippen LogP contribution < -0.4 is 10.6 Å². The first kappa shape index (κ1) is 25.1. The molecule has 0 aliphatic carbocycles. The van der Waals surface area contributed by atoms with Gasteiger partial charge in [-0.3, -0.25) is 4.79 Å². The lowest BCUT2D eigenvalue weighted by Crippen LogP contribution is -2.23. The number of nitrogens with zero attached hydrogens (tertiary/aromatic N) is 2. The molecule has 7 heteroatoms. The van der Waals surface area contributed by atoms with Crippen molar-refractivity contribution in [2.75, 3.05) is 18.4 Å². The topological polar surface area (TPSA) is 79.2 Å². The van der Waals surface area contributed by atoms with Crippen molar-refractivity contribution in [2.45, 2.75) is 25.5 Å². The fourth-order valence-corrected chi connectivity index (χ4v) is 4.17. The molecule has 4 rings (SSSR count). The molecule has 0 radical (unpaired) electrons.